The molecule has 1 N–H and O–H groups in total. The lowest BCUT2D eigenvalue weighted by Gasteiger charge is -2.09. The maximum atomic E-state index is 12.4. The summed E-state index contributed by atoms with van der Waals surface area (Å²) >= 11 is 11.9. The first-order valence-electron chi connectivity index (χ1n) is 8.43. The van der Waals surface area contributed by atoms with Crippen molar-refractivity contribution < 1.29 is 9.53 Å². The van der Waals surface area contributed by atoms with Crippen LogP contribution in [-0.4, -0.2) is 25.4 Å². The van der Waals surface area contributed by atoms with Gasteiger partial charge in [0, 0.05) is 29.2 Å². The molecule has 4 aromatic rings. The van der Waals surface area contributed by atoms with Gasteiger partial charge in [-0.2, -0.15) is 0 Å². The average Bonchev–Trinajstić information content (AvgIpc) is 3.24. The first kappa shape index (κ1) is 18.9. The first-order valence-corrected chi connectivity index (χ1v) is 9.19. The molecule has 0 saturated heterocycles. The number of halogens is 2. The molecule has 144 valence electrons. The highest BCUT2D eigenvalue weighted by Gasteiger charge is 2.11. The van der Waals surface area contributed by atoms with E-state index >= 15 is 0 Å². The van der Waals surface area contributed by atoms with Gasteiger partial charge in [0.2, 0.25) is 5.88 Å². The fraction of sp³-hybridized carbons (Fsp3) is 0. The molecule has 0 unspecified atom stereocenters. The van der Waals surface area contributed by atoms with Gasteiger partial charge in [-0.15, -0.1) is 0 Å². The summed E-state index contributed by atoms with van der Waals surface area (Å²) in [5, 5.41) is 3.53. The summed E-state index contributed by atoms with van der Waals surface area (Å²) in [5.74, 6) is 1.24. The van der Waals surface area contributed by atoms with Crippen molar-refractivity contribution in [3.8, 4) is 17.4 Å². The van der Waals surface area contributed by atoms with Crippen molar-refractivity contribution in [2.24, 2.45) is 0 Å². The minimum absolute atomic E-state index is 0.285. The van der Waals surface area contributed by atoms with Crippen LogP contribution in [0.15, 0.2) is 73.6 Å². The third kappa shape index (κ3) is 4.53. The topological polar surface area (TPSA) is 81.9 Å². The third-order valence-electron chi connectivity index (χ3n) is 3.91. The van der Waals surface area contributed by atoms with E-state index in [4.69, 9.17) is 27.9 Å². The molecule has 0 aliphatic rings. The Balaban J connectivity index is 1.44. The maximum absolute atomic E-state index is 12.4. The minimum Gasteiger partial charge on any atom is -0.439 e. The Labute approximate surface area is 175 Å². The van der Waals surface area contributed by atoms with Crippen LogP contribution in [0.2, 0.25) is 10.0 Å². The fourth-order valence-corrected chi connectivity index (χ4v) is 3.01. The molecule has 4 rings (SSSR count). The molecule has 7 nitrogen and oxygen atoms in total. The second-order valence-corrected chi connectivity index (χ2v) is 6.73. The molecule has 0 atom stereocenters. The smallest absolute Gasteiger partial charge is 0.257 e. The molecule has 0 fully saturated rings. The van der Waals surface area contributed by atoms with Crippen molar-refractivity contribution in [3.63, 3.8) is 0 Å². The zero-order valence-electron chi connectivity index (χ0n) is 14.8. The predicted molar refractivity (Wildman–Crippen MR) is 110 cm³/mol. The van der Waals surface area contributed by atoms with Gasteiger partial charge >= 0.3 is 0 Å². The fourth-order valence-electron chi connectivity index (χ4n) is 2.52. The number of aromatic nitrogens is 4. The SMILES string of the molecule is O=C(Nc1ccc(Oc2cc(-n3ccnc3)ncn2)cc1)c1ccc(Cl)cc1Cl. The Hall–Kier alpha value is -3.42. The first-order chi connectivity index (χ1) is 14.1. The monoisotopic (exact) mass is 425 g/mol. The molecule has 0 radical (unpaired) electrons. The van der Waals surface area contributed by atoms with Crippen LogP contribution in [0.25, 0.3) is 5.82 Å². The number of nitrogens with one attached hydrogen (secondary N) is 1. The molecule has 9 heteroatoms. The third-order valence-corrected chi connectivity index (χ3v) is 4.45. The van der Waals surface area contributed by atoms with E-state index < -0.39 is 0 Å². The number of amides is 1. The zero-order chi connectivity index (χ0) is 20.2. The van der Waals surface area contributed by atoms with E-state index in [-0.39, 0.29) is 10.9 Å². The van der Waals surface area contributed by atoms with Crippen LogP contribution in [0.1, 0.15) is 10.4 Å². The maximum Gasteiger partial charge on any atom is 0.257 e. The zero-order valence-corrected chi connectivity index (χ0v) is 16.3. The minimum atomic E-state index is -0.332. The lowest BCUT2D eigenvalue weighted by Crippen LogP contribution is -2.12. The highest BCUT2D eigenvalue weighted by atomic mass is 35.5. The molecule has 0 bridgehead atoms. The molecule has 0 aliphatic carbocycles. The van der Waals surface area contributed by atoms with Crippen molar-refractivity contribution in [3.05, 3.63) is 89.2 Å². The van der Waals surface area contributed by atoms with E-state index in [0.29, 0.717) is 33.7 Å². The molecule has 0 spiro atoms. The molecule has 1 amide bonds. The van der Waals surface area contributed by atoms with Gasteiger partial charge in [0.15, 0.2) is 0 Å². The molecule has 29 heavy (non-hydrogen) atoms. The Morgan fingerprint density at radius 2 is 1.86 bits per heavy atom. The normalized spacial score (nSPS) is 10.6. The molecular formula is C20H13Cl2N5O2. The number of ether oxygens (including phenoxy) is 1. The summed E-state index contributed by atoms with van der Waals surface area (Å²) in [6.45, 7) is 0. The standard InChI is InChI=1S/C20H13Cl2N5O2/c21-13-1-6-16(17(22)9-13)20(28)26-14-2-4-15(5-3-14)29-19-10-18(24-11-25-19)27-8-7-23-12-27/h1-12H,(H,26,28). The summed E-state index contributed by atoms with van der Waals surface area (Å²) in [5.41, 5.74) is 0.930. The Bertz CT molecular complexity index is 1150. The van der Waals surface area contributed by atoms with E-state index in [1.807, 2.05) is 0 Å². The van der Waals surface area contributed by atoms with Crippen LogP contribution in [0, 0.1) is 0 Å². The predicted octanol–water partition coefficient (Wildman–Crippen LogP) is 5.01. The summed E-state index contributed by atoms with van der Waals surface area (Å²) < 4.78 is 7.51. The van der Waals surface area contributed by atoms with Gasteiger partial charge in [-0.1, -0.05) is 23.2 Å². The van der Waals surface area contributed by atoms with Crippen LogP contribution < -0.4 is 10.1 Å². The molecule has 2 aromatic heterocycles. The van der Waals surface area contributed by atoms with Gasteiger partial charge in [0.1, 0.15) is 24.2 Å². The second-order valence-electron chi connectivity index (χ2n) is 5.89. The summed E-state index contributed by atoms with van der Waals surface area (Å²) in [7, 11) is 0. The molecule has 2 heterocycles. The second kappa shape index (κ2) is 8.30. The van der Waals surface area contributed by atoms with Crippen LogP contribution in [-0.2, 0) is 0 Å². The van der Waals surface area contributed by atoms with Crippen molar-refractivity contribution in [1.82, 2.24) is 19.5 Å². The van der Waals surface area contributed by atoms with Gasteiger partial charge in [-0.25, -0.2) is 15.0 Å². The van der Waals surface area contributed by atoms with E-state index in [1.165, 1.54) is 12.4 Å². The van der Waals surface area contributed by atoms with E-state index in [2.05, 4.69) is 20.3 Å². The molecule has 0 aliphatic heterocycles. The van der Waals surface area contributed by atoms with Crippen LogP contribution >= 0.6 is 23.2 Å². The number of rotatable bonds is 5. The Morgan fingerprint density at radius 3 is 2.59 bits per heavy atom. The van der Waals surface area contributed by atoms with Gasteiger partial charge in [-0.3, -0.25) is 9.36 Å². The number of imidazole rings is 1. The quantitative estimate of drug-likeness (QED) is 0.485. The number of hydrogen-bond acceptors (Lipinski definition) is 5. The van der Waals surface area contributed by atoms with Gasteiger partial charge in [0.25, 0.3) is 5.91 Å². The lowest BCUT2D eigenvalue weighted by molar-refractivity contribution is 0.102. The van der Waals surface area contributed by atoms with E-state index in [1.54, 1.807) is 65.8 Å². The lowest BCUT2D eigenvalue weighted by atomic mass is 10.2. The molecule has 2 aromatic carbocycles. The van der Waals surface area contributed by atoms with Crippen molar-refractivity contribution in [2.75, 3.05) is 5.32 Å². The number of hydrogen-bond donors (Lipinski definition) is 1. The van der Waals surface area contributed by atoms with E-state index in [9.17, 15) is 4.79 Å². The summed E-state index contributed by atoms with van der Waals surface area (Å²) in [6.07, 6.45) is 6.48. The van der Waals surface area contributed by atoms with Gasteiger partial charge < -0.3 is 10.1 Å². The molecular weight excluding hydrogens is 413 g/mol. The Morgan fingerprint density at radius 1 is 1.03 bits per heavy atom. The van der Waals surface area contributed by atoms with Crippen LogP contribution in [0.4, 0.5) is 5.69 Å². The van der Waals surface area contributed by atoms with Crippen molar-refractivity contribution in [1.29, 1.82) is 0 Å². The number of anilines is 1. The molecule has 0 saturated carbocycles. The Kier molecular flexibility index (Phi) is 5.41. The number of carbonyl (C=O) groups excluding carboxylic acids is 1. The van der Waals surface area contributed by atoms with Crippen LogP contribution in [0.3, 0.4) is 0 Å². The van der Waals surface area contributed by atoms with E-state index in [0.717, 1.165) is 0 Å². The van der Waals surface area contributed by atoms with Gasteiger partial charge in [-0.05, 0) is 42.5 Å². The number of nitrogens with zero attached hydrogens (tertiary/aromatic N) is 4. The largest absolute Gasteiger partial charge is 0.439 e. The number of carbonyl (C=O) groups is 1. The van der Waals surface area contributed by atoms with Gasteiger partial charge in [0.05, 0.1) is 10.6 Å². The summed E-state index contributed by atoms with van der Waals surface area (Å²) in [4.78, 5) is 24.7. The van der Waals surface area contributed by atoms with Crippen LogP contribution in [0.5, 0.6) is 11.6 Å². The van der Waals surface area contributed by atoms with Crippen molar-refractivity contribution in [2.45, 2.75) is 0 Å². The summed E-state index contributed by atoms with van der Waals surface area (Å²) in [6, 6.07) is 13.3. The van der Waals surface area contributed by atoms with Crippen molar-refractivity contribution >= 4 is 34.8 Å². The highest BCUT2D eigenvalue weighted by molar-refractivity contribution is 6.37. The highest BCUT2D eigenvalue weighted by Crippen LogP contribution is 2.24. The number of benzene rings is 2. The average molecular weight is 426 g/mol.